The molecular formula is C13H25N. The average Bonchev–Trinajstić information content (AvgIpc) is 1.94. The minimum Gasteiger partial charge on any atom is -0.330 e. The van der Waals surface area contributed by atoms with Gasteiger partial charge >= 0.3 is 0 Å². The third-order valence-electron chi connectivity index (χ3n) is 2.97. The molecule has 0 bridgehead atoms. The zero-order valence-corrected chi connectivity index (χ0v) is 10.2. The van der Waals surface area contributed by atoms with Crippen LogP contribution in [0, 0.1) is 10.8 Å². The van der Waals surface area contributed by atoms with E-state index in [0.29, 0.717) is 10.8 Å². The minimum absolute atomic E-state index is 0.474. The lowest BCUT2D eigenvalue weighted by Crippen LogP contribution is -2.29. The smallest absolute Gasteiger partial charge is 0.00425 e. The molecule has 1 rings (SSSR count). The van der Waals surface area contributed by atoms with Crippen LogP contribution in [0.25, 0.3) is 0 Å². The van der Waals surface area contributed by atoms with Gasteiger partial charge in [-0.15, -0.1) is 0 Å². The second-order valence-electron chi connectivity index (χ2n) is 6.30. The van der Waals surface area contributed by atoms with Gasteiger partial charge in [0.15, 0.2) is 0 Å². The monoisotopic (exact) mass is 195 g/mol. The van der Waals surface area contributed by atoms with E-state index in [2.05, 4.69) is 33.8 Å². The summed E-state index contributed by atoms with van der Waals surface area (Å²) < 4.78 is 0. The predicted octanol–water partition coefficient (Wildman–Crippen LogP) is 3.50. The molecule has 1 aliphatic carbocycles. The van der Waals surface area contributed by atoms with Crippen molar-refractivity contribution in [2.75, 3.05) is 6.54 Å². The molecule has 1 nitrogen and oxygen atoms in total. The van der Waals surface area contributed by atoms with E-state index in [1.165, 1.54) is 19.3 Å². The maximum Gasteiger partial charge on any atom is -0.00425 e. The van der Waals surface area contributed by atoms with E-state index in [0.717, 1.165) is 13.0 Å². The molecule has 0 aromatic rings. The Morgan fingerprint density at radius 1 is 1.14 bits per heavy atom. The molecule has 0 unspecified atom stereocenters. The Bertz CT molecular complexity index is 205. The predicted molar refractivity (Wildman–Crippen MR) is 63.2 cm³/mol. The van der Waals surface area contributed by atoms with E-state index in [-0.39, 0.29) is 0 Å². The maximum atomic E-state index is 5.54. The summed E-state index contributed by atoms with van der Waals surface area (Å²) in [6.07, 6.45) is 7.26. The summed E-state index contributed by atoms with van der Waals surface area (Å²) >= 11 is 0. The Hall–Kier alpha value is -0.300. The van der Waals surface area contributed by atoms with Crippen molar-refractivity contribution in [3.05, 3.63) is 11.6 Å². The van der Waals surface area contributed by atoms with Crippen molar-refractivity contribution in [1.82, 2.24) is 0 Å². The molecule has 82 valence electrons. The highest BCUT2D eigenvalue weighted by Gasteiger charge is 2.35. The number of nitrogens with two attached hydrogens (primary N) is 1. The molecule has 0 aromatic heterocycles. The molecule has 1 aliphatic rings. The molecule has 0 atom stereocenters. The van der Waals surface area contributed by atoms with E-state index < -0.39 is 0 Å². The third-order valence-corrected chi connectivity index (χ3v) is 2.97. The summed E-state index contributed by atoms with van der Waals surface area (Å²) in [6, 6.07) is 0. The zero-order chi connectivity index (χ0) is 10.8. The normalized spacial score (nSPS) is 24.8. The van der Waals surface area contributed by atoms with Crippen LogP contribution < -0.4 is 5.73 Å². The average molecular weight is 195 g/mol. The topological polar surface area (TPSA) is 26.0 Å². The van der Waals surface area contributed by atoms with Crippen molar-refractivity contribution in [2.45, 2.75) is 53.4 Å². The minimum atomic E-state index is 0.474. The van der Waals surface area contributed by atoms with Crippen LogP contribution in [-0.4, -0.2) is 6.54 Å². The van der Waals surface area contributed by atoms with Crippen LogP contribution in [-0.2, 0) is 0 Å². The first-order valence-corrected chi connectivity index (χ1v) is 5.73. The highest BCUT2D eigenvalue weighted by molar-refractivity contribution is 5.12. The molecule has 1 saturated carbocycles. The Balaban J connectivity index is 2.71. The van der Waals surface area contributed by atoms with Gasteiger partial charge in [0.05, 0.1) is 0 Å². The molecular weight excluding hydrogens is 170 g/mol. The molecule has 0 aliphatic heterocycles. The van der Waals surface area contributed by atoms with Crippen molar-refractivity contribution in [1.29, 1.82) is 0 Å². The molecule has 0 spiro atoms. The van der Waals surface area contributed by atoms with Crippen LogP contribution in [0.2, 0.25) is 0 Å². The summed E-state index contributed by atoms with van der Waals surface area (Å²) in [5, 5.41) is 0. The van der Waals surface area contributed by atoms with Crippen molar-refractivity contribution >= 4 is 0 Å². The number of allylic oxidation sites excluding steroid dienone is 1. The molecule has 0 saturated heterocycles. The Kier molecular flexibility index (Phi) is 3.41. The fourth-order valence-electron chi connectivity index (χ4n) is 3.14. The SMILES string of the molecule is CC1(C)CC(=CCCN)CC(C)(C)C1. The first-order valence-electron chi connectivity index (χ1n) is 5.73. The lowest BCUT2D eigenvalue weighted by molar-refractivity contribution is 0.153. The number of hydrogen-bond acceptors (Lipinski definition) is 1. The van der Waals surface area contributed by atoms with Crippen LogP contribution in [0.4, 0.5) is 0 Å². The number of hydrogen-bond donors (Lipinski definition) is 1. The van der Waals surface area contributed by atoms with Crippen molar-refractivity contribution in [3.8, 4) is 0 Å². The lowest BCUT2D eigenvalue weighted by atomic mass is 9.63. The second kappa shape index (κ2) is 4.06. The first kappa shape index (κ1) is 11.8. The molecule has 14 heavy (non-hydrogen) atoms. The van der Waals surface area contributed by atoms with E-state index in [4.69, 9.17) is 5.73 Å². The van der Waals surface area contributed by atoms with Gasteiger partial charge in [0.25, 0.3) is 0 Å². The zero-order valence-electron chi connectivity index (χ0n) is 10.2. The number of rotatable bonds is 2. The molecule has 2 N–H and O–H groups in total. The Morgan fingerprint density at radius 3 is 2.07 bits per heavy atom. The van der Waals surface area contributed by atoms with Gasteiger partial charge in [0, 0.05) is 0 Å². The molecule has 0 aromatic carbocycles. The summed E-state index contributed by atoms with van der Waals surface area (Å²) in [7, 11) is 0. The fourth-order valence-corrected chi connectivity index (χ4v) is 3.14. The first-order chi connectivity index (χ1) is 6.35. The highest BCUT2D eigenvalue weighted by Crippen LogP contribution is 2.47. The van der Waals surface area contributed by atoms with Crippen LogP contribution in [0.3, 0.4) is 0 Å². The van der Waals surface area contributed by atoms with Crippen LogP contribution in [0.5, 0.6) is 0 Å². The summed E-state index contributed by atoms with van der Waals surface area (Å²) in [5.74, 6) is 0. The standard InChI is InChI=1S/C13H25N/c1-12(2)8-11(6-5-7-14)9-13(3,4)10-12/h6H,5,7-10,14H2,1-4H3. The second-order valence-corrected chi connectivity index (χ2v) is 6.30. The Morgan fingerprint density at radius 2 is 1.64 bits per heavy atom. The quantitative estimate of drug-likeness (QED) is 0.671. The highest BCUT2D eigenvalue weighted by atomic mass is 14.5. The van der Waals surface area contributed by atoms with E-state index in [9.17, 15) is 0 Å². The van der Waals surface area contributed by atoms with E-state index in [1.54, 1.807) is 5.57 Å². The van der Waals surface area contributed by atoms with Gasteiger partial charge in [-0.2, -0.15) is 0 Å². The van der Waals surface area contributed by atoms with Gasteiger partial charge in [-0.3, -0.25) is 0 Å². The van der Waals surface area contributed by atoms with Gasteiger partial charge in [-0.05, 0) is 43.1 Å². The fraction of sp³-hybridized carbons (Fsp3) is 0.846. The van der Waals surface area contributed by atoms with Gasteiger partial charge in [-0.25, -0.2) is 0 Å². The van der Waals surface area contributed by atoms with Crippen LogP contribution in [0.15, 0.2) is 11.6 Å². The van der Waals surface area contributed by atoms with Gasteiger partial charge in [-0.1, -0.05) is 39.3 Å². The van der Waals surface area contributed by atoms with Gasteiger partial charge in [0.2, 0.25) is 0 Å². The largest absolute Gasteiger partial charge is 0.330 e. The molecule has 0 amide bonds. The maximum absolute atomic E-state index is 5.54. The Labute approximate surface area is 88.8 Å². The summed E-state index contributed by atoms with van der Waals surface area (Å²) in [6.45, 7) is 10.3. The summed E-state index contributed by atoms with van der Waals surface area (Å²) in [4.78, 5) is 0. The lowest BCUT2D eigenvalue weighted by Gasteiger charge is -2.42. The van der Waals surface area contributed by atoms with Gasteiger partial charge in [0.1, 0.15) is 0 Å². The molecule has 1 fully saturated rings. The van der Waals surface area contributed by atoms with Crippen molar-refractivity contribution in [3.63, 3.8) is 0 Å². The molecule has 0 radical (unpaired) electrons. The summed E-state index contributed by atoms with van der Waals surface area (Å²) in [5.41, 5.74) is 8.11. The van der Waals surface area contributed by atoms with E-state index in [1.807, 2.05) is 0 Å². The van der Waals surface area contributed by atoms with Crippen LogP contribution >= 0.6 is 0 Å². The molecule has 1 heteroatoms. The van der Waals surface area contributed by atoms with Crippen LogP contribution in [0.1, 0.15) is 53.4 Å². The van der Waals surface area contributed by atoms with Crippen molar-refractivity contribution in [2.24, 2.45) is 16.6 Å². The van der Waals surface area contributed by atoms with E-state index >= 15 is 0 Å². The third kappa shape index (κ3) is 3.45. The van der Waals surface area contributed by atoms with Gasteiger partial charge < -0.3 is 5.73 Å². The van der Waals surface area contributed by atoms with Crippen molar-refractivity contribution < 1.29 is 0 Å². The molecule has 0 heterocycles.